The van der Waals surface area contributed by atoms with Gasteiger partial charge in [0.25, 0.3) is 0 Å². The van der Waals surface area contributed by atoms with E-state index in [1.165, 1.54) is 49.7 Å². The number of aliphatic carboxylic acids is 1. The van der Waals surface area contributed by atoms with Gasteiger partial charge in [-0.3, -0.25) is 4.79 Å². The topological polar surface area (TPSA) is 37.3 Å². The van der Waals surface area contributed by atoms with Crippen LogP contribution < -0.4 is 0 Å². The van der Waals surface area contributed by atoms with Gasteiger partial charge in [0.1, 0.15) is 0 Å². The SMILES string of the molecule is O=C(O)Cc1ccc2c(c1)CC[C@H]2C1CCCCC1. The first-order valence-electron chi connectivity index (χ1n) is 7.57. The van der Waals surface area contributed by atoms with Gasteiger partial charge in [0.05, 0.1) is 6.42 Å². The van der Waals surface area contributed by atoms with Gasteiger partial charge in [-0.05, 0) is 54.2 Å². The quantitative estimate of drug-likeness (QED) is 0.892. The molecule has 0 aliphatic heterocycles. The van der Waals surface area contributed by atoms with E-state index in [2.05, 4.69) is 12.1 Å². The van der Waals surface area contributed by atoms with Crippen molar-refractivity contribution in [1.29, 1.82) is 0 Å². The second-order valence-corrected chi connectivity index (χ2v) is 6.15. The van der Waals surface area contributed by atoms with Crippen LogP contribution >= 0.6 is 0 Å². The molecule has 1 atom stereocenters. The molecule has 19 heavy (non-hydrogen) atoms. The van der Waals surface area contributed by atoms with Crippen LogP contribution in [0.2, 0.25) is 0 Å². The summed E-state index contributed by atoms with van der Waals surface area (Å²) in [6.07, 6.45) is 9.55. The van der Waals surface area contributed by atoms with Gasteiger partial charge in [-0.25, -0.2) is 0 Å². The number of rotatable bonds is 3. The van der Waals surface area contributed by atoms with Gasteiger partial charge in [0, 0.05) is 0 Å². The summed E-state index contributed by atoms with van der Waals surface area (Å²) in [5, 5.41) is 8.87. The summed E-state index contributed by atoms with van der Waals surface area (Å²) in [6.45, 7) is 0. The van der Waals surface area contributed by atoms with Crippen LogP contribution in [-0.4, -0.2) is 11.1 Å². The van der Waals surface area contributed by atoms with Crippen molar-refractivity contribution in [2.24, 2.45) is 5.92 Å². The number of carboxylic acids is 1. The molecule has 2 aliphatic rings. The van der Waals surface area contributed by atoms with Crippen LogP contribution in [0.1, 0.15) is 61.1 Å². The smallest absolute Gasteiger partial charge is 0.307 e. The molecule has 0 radical (unpaired) electrons. The van der Waals surface area contributed by atoms with Gasteiger partial charge in [-0.1, -0.05) is 37.5 Å². The minimum atomic E-state index is -0.734. The third-order valence-electron chi connectivity index (χ3n) is 4.91. The molecule has 102 valence electrons. The molecule has 1 aromatic carbocycles. The molecule has 0 bridgehead atoms. The maximum absolute atomic E-state index is 10.8. The highest BCUT2D eigenvalue weighted by Gasteiger charge is 2.30. The summed E-state index contributed by atoms with van der Waals surface area (Å²) in [5.74, 6) is 0.885. The van der Waals surface area contributed by atoms with Gasteiger partial charge in [-0.15, -0.1) is 0 Å². The molecule has 0 spiro atoms. The predicted molar refractivity (Wildman–Crippen MR) is 75.4 cm³/mol. The fourth-order valence-electron chi connectivity index (χ4n) is 4.01. The van der Waals surface area contributed by atoms with E-state index in [1.807, 2.05) is 6.07 Å². The van der Waals surface area contributed by atoms with E-state index in [4.69, 9.17) is 5.11 Å². The Morgan fingerprint density at radius 1 is 1.16 bits per heavy atom. The van der Waals surface area contributed by atoms with Crippen molar-refractivity contribution in [2.45, 2.75) is 57.3 Å². The number of fused-ring (bicyclic) bond motifs is 1. The van der Waals surface area contributed by atoms with Crippen LogP contribution in [0, 0.1) is 5.92 Å². The molecular formula is C17H22O2. The lowest BCUT2D eigenvalue weighted by molar-refractivity contribution is -0.136. The standard InChI is InChI=1S/C17H22O2/c18-17(19)11-12-6-8-16-14(10-12)7-9-15(16)13-4-2-1-3-5-13/h6,8,10,13,15H,1-5,7,9,11H2,(H,18,19)/t15-/m0/s1. The molecule has 2 nitrogen and oxygen atoms in total. The molecule has 0 unspecified atom stereocenters. The van der Waals surface area contributed by atoms with E-state index in [-0.39, 0.29) is 6.42 Å². The van der Waals surface area contributed by atoms with Gasteiger partial charge in [0.15, 0.2) is 0 Å². The molecule has 1 fully saturated rings. The Morgan fingerprint density at radius 3 is 2.68 bits per heavy atom. The van der Waals surface area contributed by atoms with Crippen molar-refractivity contribution in [3.63, 3.8) is 0 Å². The van der Waals surface area contributed by atoms with E-state index in [0.717, 1.165) is 23.8 Å². The Balaban J connectivity index is 1.78. The maximum atomic E-state index is 10.8. The lowest BCUT2D eigenvalue weighted by Crippen LogP contribution is -2.14. The second-order valence-electron chi connectivity index (χ2n) is 6.15. The van der Waals surface area contributed by atoms with Crippen molar-refractivity contribution in [1.82, 2.24) is 0 Å². The first-order valence-corrected chi connectivity index (χ1v) is 7.57. The fraction of sp³-hybridized carbons (Fsp3) is 0.588. The summed E-state index contributed by atoms with van der Waals surface area (Å²) in [6, 6.07) is 6.36. The minimum Gasteiger partial charge on any atom is -0.481 e. The largest absolute Gasteiger partial charge is 0.481 e. The molecule has 1 saturated carbocycles. The van der Waals surface area contributed by atoms with Crippen molar-refractivity contribution < 1.29 is 9.90 Å². The summed E-state index contributed by atoms with van der Waals surface area (Å²) < 4.78 is 0. The van der Waals surface area contributed by atoms with Crippen molar-refractivity contribution in [3.05, 3.63) is 34.9 Å². The average Bonchev–Trinajstić information content (AvgIpc) is 2.82. The van der Waals surface area contributed by atoms with E-state index in [1.54, 1.807) is 0 Å². The van der Waals surface area contributed by atoms with Gasteiger partial charge < -0.3 is 5.11 Å². The van der Waals surface area contributed by atoms with Crippen molar-refractivity contribution in [2.75, 3.05) is 0 Å². The molecule has 0 amide bonds. The third kappa shape index (κ3) is 2.68. The zero-order valence-corrected chi connectivity index (χ0v) is 11.4. The summed E-state index contributed by atoms with van der Waals surface area (Å²) >= 11 is 0. The highest BCUT2D eigenvalue weighted by Crippen LogP contribution is 2.44. The lowest BCUT2D eigenvalue weighted by Gasteiger charge is -2.28. The molecule has 3 rings (SSSR count). The number of carboxylic acid groups (broad SMARTS) is 1. The van der Waals surface area contributed by atoms with Crippen molar-refractivity contribution in [3.8, 4) is 0 Å². The van der Waals surface area contributed by atoms with E-state index in [0.29, 0.717) is 0 Å². The Kier molecular flexibility index (Phi) is 3.58. The number of hydrogen-bond acceptors (Lipinski definition) is 1. The number of carbonyl (C=O) groups is 1. The first-order chi connectivity index (χ1) is 9.24. The Bertz CT molecular complexity index is 472. The normalized spacial score (nSPS) is 23.3. The number of benzene rings is 1. The predicted octanol–water partition coefficient (Wildman–Crippen LogP) is 3.92. The second kappa shape index (κ2) is 5.36. The van der Waals surface area contributed by atoms with Crippen LogP contribution in [-0.2, 0) is 17.6 Å². The zero-order chi connectivity index (χ0) is 13.2. The minimum absolute atomic E-state index is 0.154. The average molecular weight is 258 g/mol. The third-order valence-corrected chi connectivity index (χ3v) is 4.91. The van der Waals surface area contributed by atoms with Crippen LogP contribution in [0.4, 0.5) is 0 Å². The lowest BCUT2D eigenvalue weighted by atomic mass is 9.77. The van der Waals surface area contributed by atoms with E-state index in [9.17, 15) is 4.79 Å². The maximum Gasteiger partial charge on any atom is 0.307 e. The molecule has 1 N–H and O–H groups in total. The Morgan fingerprint density at radius 2 is 1.95 bits per heavy atom. The Hall–Kier alpha value is -1.31. The fourth-order valence-corrected chi connectivity index (χ4v) is 4.01. The first kappa shape index (κ1) is 12.7. The van der Waals surface area contributed by atoms with E-state index >= 15 is 0 Å². The molecular weight excluding hydrogens is 236 g/mol. The van der Waals surface area contributed by atoms with Crippen LogP contribution in [0.25, 0.3) is 0 Å². The number of aryl methyl sites for hydroxylation is 1. The molecule has 0 aromatic heterocycles. The van der Waals surface area contributed by atoms with Crippen LogP contribution in [0.3, 0.4) is 0 Å². The van der Waals surface area contributed by atoms with Gasteiger partial charge in [-0.2, -0.15) is 0 Å². The molecule has 1 aromatic rings. The molecule has 0 heterocycles. The monoisotopic (exact) mass is 258 g/mol. The highest BCUT2D eigenvalue weighted by atomic mass is 16.4. The van der Waals surface area contributed by atoms with Crippen LogP contribution in [0.15, 0.2) is 18.2 Å². The van der Waals surface area contributed by atoms with E-state index < -0.39 is 5.97 Å². The molecule has 0 saturated heterocycles. The summed E-state index contributed by atoms with van der Waals surface area (Å²) in [5.41, 5.74) is 3.88. The van der Waals surface area contributed by atoms with Crippen molar-refractivity contribution >= 4 is 5.97 Å². The summed E-state index contributed by atoms with van der Waals surface area (Å²) in [7, 11) is 0. The van der Waals surface area contributed by atoms with Crippen LogP contribution in [0.5, 0.6) is 0 Å². The molecule has 2 heteroatoms. The van der Waals surface area contributed by atoms with Gasteiger partial charge in [0.2, 0.25) is 0 Å². The Labute approximate surface area is 114 Å². The zero-order valence-electron chi connectivity index (χ0n) is 11.4. The highest BCUT2D eigenvalue weighted by molar-refractivity contribution is 5.70. The molecule has 2 aliphatic carbocycles. The summed E-state index contributed by atoms with van der Waals surface area (Å²) in [4.78, 5) is 10.8. The number of hydrogen-bond donors (Lipinski definition) is 1. The van der Waals surface area contributed by atoms with Gasteiger partial charge >= 0.3 is 5.97 Å².